The summed E-state index contributed by atoms with van der Waals surface area (Å²) in [6.45, 7) is 6.35. The highest BCUT2D eigenvalue weighted by molar-refractivity contribution is 6.14. The van der Waals surface area contributed by atoms with Crippen molar-refractivity contribution in [2.45, 2.75) is 39.5 Å². The van der Waals surface area contributed by atoms with Crippen LogP contribution in [0.4, 0.5) is 0 Å². The van der Waals surface area contributed by atoms with E-state index in [0.717, 1.165) is 29.1 Å². The van der Waals surface area contributed by atoms with Crippen LogP contribution in [0, 0.1) is 6.92 Å². The molecule has 1 heterocycles. The van der Waals surface area contributed by atoms with Gasteiger partial charge in [-0.1, -0.05) is 44.2 Å². The van der Waals surface area contributed by atoms with Gasteiger partial charge in [0.15, 0.2) is 0 Å². The van der Waals surface area contributed by atoms with Crippen LogP contribution in [0.25, 0.3) is 6.08 Å². The van der Waals surface area contributed by atoms with Crippen molar-refractivity contribution in [1.29, 1.82) is 0 Å². The van der Waals surface area contributed by atoms with E-state index >= 15 is 0 Å². The van der Waals surface area contributed by atoms with Crippen molar-refractivity contribution in [2.75, 3.05) is 7.11 Å². The van der Waals surface area contributed by atoms with Crippen molar-refractivity contribution in [3.63, 3.8) is 0 Å². The average Bonchev–Trinajstić information content (AvgIpc) is 3.00. The van der Waals surface area contributed by atoms with Gasteiger partial charge in [0, 0.05) is 6.42 Å². The van der Waals surface area contributed by atoms with Gasteiger partial charge < -0.3 is 10.1 Å². The SMILES string of the molecule is COc1ccc(/C=C2/N=C(CCc3ccccc3C)NC2=O)cc1C(C)C. The van der Waals surface area contributed by atoms with Gasteiger partial charge in [-0.05, 0) is 59.7 Å². The smallest absolute Gasteiger partial charge is 0.275 e. The number of nitrogens with zero attached hydrogens (tertiary/aromatic N) is 1. The fraction of sp³-hybridized carbons (Fsp3) is 0.304. The Hall–Kier alpha value is -2.88. The van der Waals surface area contributed by atoms with Crippen molar-refractivity contribution in [2.24, 2.45) is 4.99 Å². The van der Waals surface area contributed by atoms with Crippen molar-refractivity contribution < 1.29 is 9.53 Å². The number of ether oxygens (including phenoxy) is 1. The molecule has 0 fully saturated rings. The molecule has 4 heteroatoms. The molecule has 0 saturated heterocycles. The number of amidine groups is 1. The minimum atomic E-state index is -0.142. The van der Waals surface area contributed by atoms with Gasteiger partial charge in [0.25, 0.3) is 5.91 Å². The Labute approximate surface area is 161 Å². The van der Waals surface area contributed by atoms with Gasteiger partial charge >= 0.3 is 0 Å². The largest absolute Gasteiger partial charge is 0.496 e. The Morgan fingerprint density at radius 3 is 2.63 bits per heavy atom. The summed E-state index contributed by atoms with van der Waals surface area (Å²) >= 11 is 0. The third-order valence-electron chi connectivity index (χ3n) is 4.82. The number of carbonyl (C=O) groups excluding carboxylic acids is 1. The monoisotopic (exact) mass is 362 g/mol. The predicted molar refractivity (Wildman–Crippen MR) is 110 cm³/mol. The molecule has 0 aromatic heterocycles. The number of aryl methyl sites for hydroxylation is 2. The van der Waals surface area contributed by atoms with Crippen LogP contribution in [0.5, 0.6) is 5.75 Å². The number of hydrogen-bond acceptors (Lipinski definition) is 3. The summed E-state index contributed by atoms with van der Waals surface area (Å²) in [4.78, 5) is 16.8. The van der Waals surface area contributed by atoms with Crippen LogP contribution in [0.2, 0.25) is 0 Å². The number of amides is 1. The summed E-state index contributed by atoms with van der Waals surface area (Å²) in [5.41, 5.74) is 5.07. The fourth-order valence-electron chi connectivity index (χ4n) is 3.23. The predicted octanol–water partition coefficient (Wildman–Crippen LogP) is 4.63. The number of nitrogens with one attached hydrogen (secondary N) is 1. The van der Waals surface area contributed by atoms with Crippen LogP contribution >= 0.6 is 0 Å². The first kappa shape index (κ1) is 18.9. The zero-order valence-electron chi connectivity index (χ0n) is 16.4. The quantitative estimate of drug-likeness (QED) is 0.762. The molecule has 0 radical (unpaired) electrons. The summed E-state index contributed by atoms with van der Waals surface area (Å²) in [5, 5.41) is 2.89. The van der Waals surface area contributed by atoms with E-state index in [-0.39, 0.29) is 5.91 Å². The molecule has 0 unspecified atom stereocenters. The Morgan fingerprint density at radius 2 is 1.93 bits per heavy atom. The lowest BCUT2D eigenvalue weighted by molar-refractivity contribution is -0.115. The number of hydrogen-bond donors (Lipinski definition) is 1. The van der Waals surface area contributed by atoms with Gasteiger partial charge in [-0.15, -0.1) is 0 Å². The first-order valence-corrected chi connectivity index (χ1v) is 9.31. The van der Waals surface area contributed by atoms with Crippen molar-refractivity contribution in [1.82, 2.24) is 5.32 Å². The third kappa shape index (κ3) is 4.45. The van der Waals surface area contributed by atoms with Gasteiger partial charge in [-0.25, -0.2) is 4.99 Å². The zero-order chi connectivity index (χ0) is 19.4. The van der Waals surface area contributed by atoms with Crippen LogP contribution in [0.1, 0.15) is 48.4 Å². The number of benzene rings is 2. The highest BCUT2D eigenvalue weighted by Gasteiger charge is 2.20. The molecule has 0 saturated carbocycles. The summed E-state index contributed by atoms with van der Waals surface area (Å²) < 4.78 is 5.43. The molecule has 1 N–H and O–H groups in total. The maximum atomic E-state index is 12.3. The normalized spacial score (nSPS) is 15.2. The second-order valence-electron chi connectivity index (χ2n) is 7.12. The second-order valence-corrected chi connectivity index (χ2v) is 7.12. The standard InChI is InChI=1S/C23H26N2O2/c1-15(2)19-13-17(9-11-21(19)27-4)14-20-23(26)25-22(24-20)12-10-18-8-6-5-7-16(18)3/h5-9,11,13-15H,10,12H2,1-4H3,(H,24,25,26)/b20-14+. The molecule has 2 aromatic carbocycles. The second kappa shape index (κ2) is 8.21. The molecule has 1 aliphatic rings. The Balaban J connectivity index is 1.77. The molecular weight excluding hydrogens is 336 g/mol. The Kier molecular flexibility index (Phi) is 5.75. The maximum absolute atomic E-state index is 12.3. The third-order valence-corrected chi connectivity index (χ3v) is 4.82. The van der Waals surface area contributed by atoms with E-state index in [1.54, 1.807) is 7.11 Å². The number of rotatable bonds is 6. The van der Waals surface area contributed by atoms with E-state index in [1.807, 2.05) is 30.3 Å². The van der Waals surface area contributed by atoms with Crippen LogP contribution in [0.15, 0.2) is 53.2 Å². The molecule has 140 valence electrons. The van der Waals surface area contributed by atoms with Crippen LogP contribution in [-0.2, 0) is 11.2 Å². The molecular formula is C23H26N2O2. The summed E-state index contributed by atoms with van der Waals surface area (Å²) in [5.74, 6) is 1.79. The molecule has 2 aromatic rings. The van der Waals surface area contributed by atoms with E-state index in [1.165, 1.54) is 11.1 Å². The zero-order valence-corrected chi connectivity index (χ0v) is 16.4. The molecule has 0 aliphatic carbocycles. The highest BCUT2D eigenvalue weighted by atomic mass is 16.5. The lowest BCUT2D eigenvalue weighted by Crippen LogP contribution is -2.24. The molecule has 3 rings (SSSR count). The number of methoxy groups -OCH3 is 1. The van der Waals surface area contributed by atoms with Crippen molar-refractivity contribution >= 4 is 17.8 Å². The minimum Gasteiger partial charge on any atom is -0.496 e. The fourth-order valence-corrected chi connectivity index (χ4v) is 3.23. The summed E-state index contributed by atoms with van der Waals surface area (Å²) in [6.07, 6.45) is 3.41. The highest BCUT2D eigenvalue weighted by Crippen LogP contribution is 2.28. The molecule has 4 nitrogen and oxygen atoms in total. The summed E-state index contributed by atoms with van der Waals surface area (Å²) in [7, 11) is 1.68. The van der Waals surface area contributed by atoms with Gasteiger partial charge in [-0.3, -0.25) is 4.79 Å². The van der Waals surface area contributed by atoms with E-state index in [9.17, 15) is 4.79 Å². The summed E-state index contributed by atoms with van der Waals surface area (Å²) in [6, 6.07) is 14.3. The maximum Gasteiger partial charge on any atom is 0.275 e. The first-order chi connectivity index (χ1) is 13.0. The van der Waals surface area contributed by atoms with E-state index in [2.05, 4.69) is 49.3 Å². The topological polar surface area (TPSA) is 50.7 Å². The number of carbonyl (C=O) groups is 1. The molecule has 0 spiro atoms. The van der Waals surface area contributed by atoms with Crippen molar-refractivity contribution in [3.05, 3.63) is 70.4 Å². The first-order valence-electron chi connectivity index (χ1n) is 9.31. The van der Waals surface area contributed by atoms with E-state index in [4.69, 9.17) is 4.74 Å². The van der Waals surface area contributed by atoms with Crippen LogP contribution in [-0.4, -0.2) is 18.9 Å². The molecule has 27 heavy (non-hydrogen) atoms. The van der Waals surface area contributed by atoms with Crippen LogP contribution in [0.3, 0.4) is 0 Å². The van der Waals surface area contributed by atoms with Gasteiger partial charge in [0.05, 0.1) is 7.11 Å². The van der Waals surface area contributed by atoms with E-state index < -0.39 is 0 Å². The lowest BCUT2D eigenvalue weighted by Gasteiger charge is -2.12. The Morgan fingerprint density at radius 1 is 1.15 bits per heavy atom. The molecule has 0 atom stereocenters. The van der Waals surface area contributed by atoms with Crippen LogP contribution < -0.4 is 10.1 Å². The molecule has 1 amide bonds. The van der Waals surface area contributed by atoms with Gasteiger partial charge in [0.1, 0.15) is 17.3 Å². The average molecular weight is 362 g/mol. The minimum absolute atomic E-state index is 0.142. The number of aliphatic imine (C=N–C) groups is 1. The van der Waals surface area contributed by atoms with E-state index in [0.29, 0.717) is 18.0 Å². The van der Waals surface area contributed by atoms with Gasteiger partial charge in [-0.2, -0.15) is 0 Å². The molecule has 0 bridgehead atoms. The van der Waals surface area contributed by atoms with Crippen molar-refractivity contribution in [3.8, 4) is 5.75 Å². The Bertz CT molecular complexity index is 910. The lowest BCUT2D eigenvalue weighted by atomic mass is 9.99. The van der Waals surface area contributed by atoms with Gasteiger partial charge in [0.2, 0.25) is 0 Å². The molecule has 1 aliphatic heterocycles.